The van der Waals surface area contributed by atoms with Crippen LogP contribution in [0.4, 0.5) is 0 Å². The third-order valence-electron chi connectivity index (χ3n) is 3.03. The lowest BCUT2D eigenvalue weighted by atomic mass is 10.0. The number of benzene rings is 1. The van der Waals surface area contributed by atoms with E-state index in [9.17, 15) is 8.42 Å². The molecule has 0 aliphatic heterocycles. The first-order valence-electron chi connectivity index (χ1n) is 6.23. The maximum Gasteiger partial charge on any atom is 0.241 e. The summed E-state index contributed by atoms with van der Waals surface area (Å²) < 4.78 is 29.1. The summed E-state index contributed by atoms with van der Waals surface area (Å²) in [4.78, 5) is 0.232. The molecule has 0 radical (unpaired) electrons. The average Bonchev–Trinajstić information content (AvgIpc) is 2.32. The Morgan fingerprint density at radius 1 is 1.25 bits per heavy atom. The van der Waals surface area contributed by atoms with Gasteiger partial charge in [-0.25, -0.2) is 13.1 Å². The van der Waals surface area contributed by atoms with Gasteiger partial charge in [-0.3, -0.25) is 0 Å². The van der Waals surface area contributed by atoms with Crippen LogP contribution in [0.3, 0.4) is 0 Å². The lowest BCUT2D eigenvalue weighted by molar-refractivity contribution is 0.439. The molecule has 1 atom stereocenters. The maximum absolute atomic E-state index is 12.5. The molecule has 0 bridgehead atoms. The summed E-state index contributed by atoms with van der Waals surface area (Å²) in [5.74, 6) is 0.598. The van der Waals surface area contributed by atoms with E-state index >= 15 is 0 Å². The molecular formula is C13H18Br2ClNO2S. The van der Waals surface area contributed by atoms with Crippen molar-refractivity contribution in [2.45, 2.75) is 38.1 Å². The van der Waals surface area contributed by atoms with Crippen LogP contribution >= 0.6 is 43.5 Å². The molecule has 1 aromatic carbocycles. The van der Waals surface area contributed by atoms with Crippen LogP contribution < -0.4 is 4.72 Å². The number of sulfonamides is 1. The van der Waals surface area contributed by atoms with Gasteiger partial charge in [-0.2, -0.15) is 0 Å². The molecule has 1 unspecified atom stereocenters. The van der Waals surface area contributed by atoms with Crippen LogP contribution in [-0.4, -0.2) is 20.3 Å². The topological polar surface area (TPSA) is 46.2 Å². The molecule has 1 rings (SSSR count). The third-order valence-corrected chi connectivity index (χ3v) is 6.55. The summed E-state index contributed by atoms with van der Waals surface area (Å²) in [6.07, 6.45) is 0.600. The van der Waals surface area contributed by atoms with Gasteiger partial charge >= 0.3 is 0 Å². The second-order valence-corrected chi connectivity index (χ2v) is 8.75. The summed E-state index contributed by atoms with van der Waals surface area (Å²) in [6, 6.07) is 3.22. The molecule has 1 aromatic rings. The zero-order valence-corrected chi connectivity index (χ0v) is 16.3. The Hall–Kier alpha value is 0.380. The van der Waals surface area contributed by atoms with Crippen LogP contribution in [0.1, 0.15) is 25.8 Å². The molecule has 114 valence electrons. The van der Waals surface area contributed by atoms with Gasteiger partial charge in [-0.05, 0) is 52.9 Å². The van der Waals surface area contributed by atoms with Gasteiger partial charge in [-0.15, -0.1) is 11.6 Å². The van der Waals surface area contributed by atoms with Gasteiger partial charge in [0, 0.05) is 20.9 Å². The number of halogens is 3. The molecule has 7 heteroatoms. The van der Waals surface area contributed by atoms with E-state index in [-0.39, 0.29) is 16.9 Å². The smallest absolute Gasteiger partial charge is 0.208 e. The molecule has 0 saturated heterocycles. The normalized spacial score (nSPS) is 13.8. The van der Waals surface area contributed by atoms with E-state index < -0.39 is 10.0 Å². The highest BCUT2D eigenvalue weighted by Crippen LogP contribution is 2.29. The van der Waals surface area contributed by atoms with Crippen LogP contribution in [-0.2, 0) is 10.0 Å². The zero-order chi connectivity index (χ0) is 15.5. The minimum atomic E-state index is -3.58. The monoisotopic (exact) mass is 445 g/mol. The number of nitrogens with one attached hydrogen (secondary N) is 1. The Labute approximate surface area is 142 Å². The molecule has 0 saturated carbocycles. The van der Waals surface area contributed by atoms with E-state index in [2.05, 4.69) is 36.6 Å². The quantitative estimate of drug-likeness (QED) is 0.655. The van der Waals surface area contributed by atoms with E-state index in [4.69, 9.17) is 11.6 Å². The third kappa shape index (κ3) is 4.70. The predicted octanol–water partition coefficient (Wildman–Crippen LogP) is 4.45. The molecule has 0 spiro atoms. The van der Waals surface area contributed by atoms with E-state index in [1.54, 1.807) is 12.1 Å². The Balaban J connectivity index is 3.13. The van der Waals surface area contributed by atoms with Crippen molar-refractivity contribution < 1.29 is 8.42 Å². The van der Waals surface area contributed by atoms with Crippen LogP contribution in [0, 0.1) is 12.8 Å². The summed E-state index contributed by atoms with van der Waals surface area (Å²) in [5, 5.41) is 0. The van der Waals surface area contributed by atoms with E-state index in [0.717, 1.165) is 10.0 Å². The Morgan fingerprint density at radius 2 is 1.85 bits per heavy atom. The Bertz CT molecular complexity index is 576. The first-order chi connectivity index (χ1) is 9.19. The zero-order valence-electron chi connectivity index (χ0n) is 11.6. The van der Waals surface area contributed by atoms with Gasteiger partial charge < -0.3 is 0 Å². The van der Waals surface area contributed by atoms with Crippen molar-refractivity contribution in [3.63, 3.8) is 0 Å². The SMILES string of the molecule is Cc1cc(Br)c(S(=O)(=O)NC(CCCl)C(C)C)cc1Br. The van der Waals surface area contributed by atoms with Crippen LogP contribution in [0.25, 0.3) is 0 Å². The number of aryl methyl sites for hydroxylation is 1. The fourth-order valence-electron chi connectivity index (χ4n) is 1.74. The molecule has 0 amide bonds. The van der Waals surface area contributed by atoms with Gasteiger partial charge in [0.05, 0.1) is 4.90 Å². The summed E-state index contributed by atoms with van der Waals surface area (Å²) >= 11 is 12.4. The van der Waals surface area contributed by atoms with E-state index in [1.807, 2.05) is 20.8 Å². The largest absolute Gasteiger partial charge is 0.241 e. The van der Waals surface area contributed by atoms with Crippen molar-refractivity contribution in [2.75, 3.05) is 5.88 Å². The molecule has 0 aliphatic carbocycles. The van der Waals surface area contributed by atoms with Gasteiger partial charge in [0.25, 0.3) is 0 Å². The van der Waals surface area contributed by atoms with E-state index in [0.29, 0.717) is 16.8 Å². The summed E-state index contributed by atoms with van der Waals surface area (Å²) in [6.45, 7) is 5.85. The molecule has 1 N–H and O–H groups in total. The molecular weight excluding hydrogens is 429 g/mol. The lowest BCUT2D eigenvalue weighted by Crippen LogP contribution is -2.39. The summed E-state index contributed by atoms with van der Waals surface area (Å²) in [5.41, 5.74) is 0.969. The van der Waals surface area contributed by atoms with Crippen molar-refractivity contribution in [2.24, 2.45) is 5.92 Å². The molecule has 20 heavy (non-hydrogen) atoms. The van der Waals surface area contributed by atoms with Crippen LogP contribution in [0.5, 0.6) is 0 Å². The van der Waals surface area contributed by atoms with Crippen LogP contribution in [0.2, 0.25) is 0 Å². The fraction of sp³-hybridized carbons (Fsp3) is 0.538. The highest BCUT2D eigenvalue weighted by molar-refractivity contribution is 9.11. The standard InChI is InChI=1S/C13H18Br2ClNO2S/c1-8(2)12(4-5-16)17-20(18,19)13-7-10(14)9(3)6-11(13)15/h6-8,12,17H,4-5H2,1-3H3. The maximum atomic E-state index is 12.5. The van der Waals surface area contributed by atoms with Crippen molar-refractivity contribution >= 4 is 53.5 Å². The van der Waals surface area contributed by atoms with Crippen molar-refractivity contribution in [1.29, 1.82) is 0 Å². The number of rotatable bonds is 6. The molecule has 0 aliphatic rings. The molecule has 0 fully saturated rings. The highest BCUT2D eigenvalue weighted by atomic mass is 79.9. The lowest BCUT2D eigenvalue weighted by Gasteiger charge is -2.22. The number of hydrogen-bond acceptors (Lipinski definition) is 2. The molecule has 0 heterocycles. The first-order valence-corrected chi connectivity index (χ1v) is 9.83. The number of hydrogen-bond donors (Lipinski definition) is 1. The van der Waals surface area contributed by atoms with Gasteiger partial charge in [0.2, 0.25) is 10.0 Å². The average molecular weight is 448 g/mol. The molecule has 3 nitrogen and oxygen atoms in total. The van der Waals surface area contributed by atoms with Gasteiger partial charge in [-0.1, -0.05) is 29.8 Å². The second-order valence-electron chi connectivity index (χ2n) is 4.98. The predicted molar refractivity (Wildman–Crippen MR) is 90.9 cm³/mol. The highest BCUT2D eigenvalue weighted by Gasteiger charge is 2.24. The van der Waals surface area contributed by atoms with E-state index in [1.165, 1.54) is 0 Å². The van der Waals surface area contributed by atoms with Crippen molar-refractivity contribution in [3.8, 4) is 0 Å². The fourth-order valence-corrected chi connectivity index (χ4v) is 5.07. The van der Waals surface area contributed by atoms with Crippen molar-refractivity contribution in [1.82, 2.24) is 4.72 Å². The number of alkyl halides is 1. The van der Waals surface area contributed by atoms with Crippen molar-refractivity contribution in [3.05, 3.63) is 26.6 Å². The Morgan fingerprint density at radius 3 is 2.35 bits per heavy atom. The minimum Gasteiger partial charge on any atom is -0.208 e. The minimum absolute atomic E-state index is 0.176. The van der Waals surface area contributed by atoms with Gasteiger partial charge in [0.1, 0.15) is 0 Å². The first kappa shape index (κ1) is 18.4. The molecule has 0 aromatic heterocycles. The van der Waals surface area contributed by atoms with Crippen LogP contribution in [0.15, 0.2) is 26.0 Å². The second kappa shape index (κ2) is 7.58. The van der Waals surface area contributed by atoms with Gasteiger partial charge in [0.15, 0.2) is 0 Å². The Kier molecular flexibility index (Phi) is 6.99. The summed E-state index contributed by atoms with van der Waals surface area (Å²) in [7, 11) is -3.58.